The molecule has 1 N–H and O–H groups in total. The van der Waals surface area contributed by atoms with E-state index < -0.39 is 28.8 Å². The molecule has 0 spiro atoms. The molecule has 0 aliphatic heterocycles. The molecule has 0 bridgehead atoms. The quantitative estimate of drug-likeness (QED) is 0.580. The van der Waals surface area contributed by atoms with Crippen LogP contribution in [0.15, 0.2) is 58.3 Å². The van der Waals surface area contributed by atoms with Gasteiger partial charge in [0.05, 0.1) is 12.8 Å². The lowest BCUT2D eigenvalue weighted by Gasteiger charge is -2.14. The number of hydrogen-bond acceptors (Lipinski definition) is 4. The molecule has 9 heteroatoms. The minimum Gasteiger partial charge on any atom is -0.497 e. The first-order valence-corrected chi connectivity index (χ1v) is 10.1. The van der Waals surface area contributed by atoms with Gasteiger partial charge >= 0.3 is 5.69 Å². The molecule has 0 unspecified atom stereocenters. The molecule has 0 saturated carbocycles. The molecule has 0 atom stereocenters. The van der Waals surface area contributed by atoms with Gasteiger partial charge in [-0.05, 0) is 36.2 Å². The highest BCUT2D eigenvalue weighted by Gasteiger charge is 2.19. The molecular formula is C23H23F2N3O4. The molecule has 3 aromatic rings. The van der Waals surface area contributed by atoms with Gasteiger partial charge in [0.2, 0.25) is 0 Å². The topological polar surface area (TPSA) is 82.3 Å². The third-order valence-electron chi connectivity index (χ3n) is 4.90. The van der Waals surface area contributed by atoms with Crippen molar-refractivity contribution in [3.8, 4) is 11.4 Å². The molecule has 1 heterocycles. The van der Waals surface area contributed by atoms with Crippen LogP contribution in [0.4, 0.5) is 8.78 Å². The van der Waals surface area contributed by atoms with E-state index in [1.54, 1.807) is 18.2 Å². The van der Waals surface area contributed by atoms with Gasteiger partial charge in [-0.3, -0.25) is 14.2 Å². The van der Waals surface area contributed by atoms with E-state index >= 15 is 0 Å². The predicted molar refractivity (Wildman–Crippen MR) is 115 cm³/mol. The fourth-order valence-electron chi connectivity index (χ4n) is 3.15. The molecule has 32 heavy (non-hydrogen) atoms. The number of ether oxygens (including phenoxy) is 1. The first kappa shape index (κ1) is 22.9. The highest BCUT2D eigenvalue weighted by Crippen LogP contribution is 2.14. The van der Waals surface area contributed by atoms with Crippen LogP contribution in [0.25, 0.3) is 5.69 Å². The van der Waals surface area contributed by atoms with Crippen molar-refractivity contribution < 1.29 is 18.3 Å². The second-order valence-electron chi connectivity index (χ2n) is 7.15. The Kier molecular flexibility index (Phi) is 7.19. The van der Waals surface area contributed by atoms with Crippen LogP contribution >= 0.6 is 0 Å². The number of halogens is 2. The number of unbranched alkanes of at least 4 members (excludes halogenated alkanes) is 1. The van der Waals surface area contributed by atoms with E-state index in [-0.39, 0.29) is 17.8 Å². The average molecular weight is 443 g/mol. The van der Waals surface area contributed by atoms with Crippen molar-refractivity contribution in [3.05, 3.63) is 92.3 Å². The summed E-state index contributed by atoms with van der Waals surface area (Å²) in [4.78, 5) is 38.9. The van der Waals surface area contributed by atoms with E-state index in [1.807, 2.05) is 6.92 Å². The van der Waals surface area contributed by atoms with Crippen LogP contribution in [-0.4, -0.2) is 22.2 Å². The standard InChI is InChI=1S/C23H23F2N3O4/c1-3-4-10-27-14-18(21(29)26-13-15-8-9-19(24)20(25)11-15)22(30)28(23(27)31)16-6-5-7-17(12-16)32-2/h5-9,11-12,14H,3-4,10,13H2,1-2H3,(H,26,29). The number of aromatic nitrogens is 2. The maximum Gasteiger partial charge on any atom is 0.335 e. The van der Waals surface area contributed by atoms with Gasteiger partial charge in [-0.25, -0.2) is 18.1 Å². The third kappa shape index (κ3) is 4.93. The van der Waals surface area contributed by atoms with E-state index in [0.717, 1.165) is 23.1 Å². The number of hydrogen-bond donors (Lipinski definition) is 1. The molecular weight excluding hydrogens is 420 g/mol. The number of nitrogens with zero attached hydrogens (tertiary/aromatic N) is 2. The summed E-state index contributed by atoms with van der Waals surface area (Å²) in [5.41, 5.74) is -1.02. The van der Waals surface area contributed by atoms with Gasteiger partial charge in [-0.2, -0.15) is 0 Å². The second kappa shape index (κ2) is 10.0. The summed E-state index contributed by atoms with van der Waals surface area (Å²) in [7, 11) is 1.46. The molecule has 1 amide bonds. The summed E-state index contributed by atoms with van der Waals surface area (Å²) in [6.45, 7) is 2.16. The van der Waals surface area contributed by atoms with E-state index in [9.17, 15) is 23.2 Å². The number of benzene rings is 2. The van der Waals surface area contributed by atoms with Crippen LogP contribution in [0.2, 0.25) is 0 Å². The van der Waals surface area contributed by atoms with Crippen LogP contribution in [0.3, 0.4) is 0 Å². The van der Waals surface area contributed by atoms with Gasteiger partial charge in [0.25, 0.3) is 11.5 Å². The van der Waals surface area contributed by atoms with Crippen molar-refractivity contribution in [2.75, 3.05) is 7.11 Å². The largest absolute Gasteiger partial charge is 0.497 e. The molecule has 2 aromatic carbocycles. The van der Waals surface area contributed by atoms with Gasteiger partial charge < -0.3 is 10.1 Å². The zero-order chi connectivity index (χ0) is 23.3. The Labute approximate surface area is 182 Å². The lowest BCUT2D eigenvalue weighted by Crippen LogP contribution is -2.43. The number of nitrogens with one attached hydrogen (secondary N) is 1. The Balaban J connectivity index is 2.02. The number of rotatable bonds is 8. The van der Waals surface area contributed by atoms with Crippen molar-refractivity contribution in [2.24, 2.45) is 0 Å². The van der Waals surface area contributed by atoms with Gasteiger partial charge in [-0.1, -0.05) is 25.5 Å². The SMILES string of the molecule is CCCCn1cc(C(=O)NCc2ccc(F)c(F)c2)c(=O)n(-c2cccc(OC)c2)c1=O. The number of carbonyl (C=O) groups excluding carboxylic acids is 1. The number of carbonyl (C=O) groups is 1. The summed E-state index contributed by atoms with van der Waals surface area (Å²) >= 11 is 0. The maximum absolute atomic E-state index is 13.4. The van der Waals surface area contributed by atoms with Gasteiger partial charge in [0.15, 0.2) is 11.6 Å². The molecule has 0 radical (unpaired) electrons. The molecule has 7 nitrogen and oxygen atoms in total. The van der Waals surface area contributed by atoms with Crippen LogP contribution in [0, 0.1) is 11.6 Å². The summed E-state index contributed by atoms with van der Waals surface area (Å²) in [6, 6.07) is 9.64. The summed E-state index contributed by atoms with van der Waals surface area (Å²) in [5, 5.41) is 2.53. The van der Waals surface area contributed by atoms with Crippen LogP contribution in [0.1, 0.15) is 35.7 Å². The Bertz CT molecular complexity index is 1250. The van der Waals surface area contributed by atoms with Crippen molar-refractivity contribution in [1.29, 1.82) is 0 Å². The van der Waals surface area contributed by atoms with Crippen LogP contribution in [0.5, 0.6) is 5.75 Å². The van der Waals surface area contributed by atoms with Crippen molar-refractivity contribution >= 4 is 5.91 Å². The molecule has 1 aromatic heterocycles. The Morgan fingerprint density at radius 1 is 1.09 bits per heavy atom. The molecule has 168 valence electrons. The number of amides is 1. The predicted octanol–water partition coefficient (Wildman–Crippen LogP) is 3.02. The van der Waals surface area contributed by atoms with Crippen LogP contribution in [-0.2, 0) is 13.1 Å². The van der Waals surface area contributed by atoms with Crippen molar-refractivity contribution in [2.45, 2.75) is 32.9 Å². The first-order chi connectivity index (χ1) is 15.3. The molecule has 3 rings (SSSR count). The molecule has 0 fully saturated rings. The Morgan fingerprint density at radius 3 is 2.56 bits per heavy atom. The smallest absolute Gasteiger partial charge is 0.335 e. The zero-order valence-corrected chi connectivity index (χ0v) is 17.7. The van der Waals surface area contributed by atoms with E-state index in [2.05, 4.69) is 5.32 Å². The van der Waals surface area contributed by atoms with Gasteiger partial charge in [-0.15, -0.1) is 0 Å². The number of methoxy groups -OCH3 is 1. The minimum atomic E-state index is -1.04. The lowest BCUT2D eigenvalue weighted by molar-refractivity contribution is 0.0948. The van der Waals surface area contributed by atoms with Gasteiger partial charge in [0.1, 0.15) is 11.3 Å². The first-order valence-electron chi connectivity index (χ1n) is 10.1. The highest BCUT2D eigenvalue weighted by molar-refractivity contribution is 5.93. The van der Waals surface area contributed by atoms with Crippen molar-refractivity contribution in [1.82, 2.24) is 14.5 Å². The molecule has 0 aliphatic rings. The third-order valence-corrected chi connectivity index (χ3v) is 4.90. The normalized spacial score (nSPS) is 10.8. The van der Waals surface area contributed by atoms with Gasteiger partial charge in [0, 0.05) is 25.4 Å². The lowest BCUT2D eigenvalue weighted by atomic mass is 10.2. The summed E-state index contributed by atoms with van der Waals surface area (Å²) in [5.74, 6) is -2.32. The number of aryl methyl sites for hydroxylation is 1. The maximum atomic E-state index is 13.4. The van der Waals surface area contributed by atoms with Crippen molar-refractivity contribution in [3.63, 3.8) is 0 Å². The Hall–Kier alpha value is -3.75. The molecule has 0 saturated heterocycles. The molecule has 0 aliphatic carbocycles. The highest BCUT2D eigenvalue weighted by atomic mass is 19.2. The minimum absolute atomic E-state index is 0.122. The van der Waals surface area contributed by atoms with E-state index in [4.69, 9.17) is 4.74 Å². The van der Waals surface area contributed by atoms with E-state index in [1.165, 1.54) is 30.0 Å². The fraction of sp³-hybridized carbons (Fsp3) is 0.261. The zero-order valence-electron chi connectivity index (χ0n) is 17.7. The second-order valence-corrected chi connectivity index (χ2v) is 7.15. The average Bonchev–Trinajstić information content (AvgIpc) is 2.79. The van der Waals surface area contributed by atoms with E-state index in [0.29, 0.717) is 24.3 Å². The van der Waals surface area contributed by atoms with Crippen LogP contribution < -0.4 is 21.3 Å². The fourth-order valence-corrected chi connectivity index (χ4v) is 3.15. The Morgan fingerprint density at radius 2 is 1.88 bits per heavy atom. The summed E-state index contributed by atoms with van der Waals surface area (Å²) < 4.78 is 33.9. The monoisotopic (exact) mass is 443 g/mol. The summed E-state index contributed by atoms with van der Waals surface area (Å²) in [6.07, 6.45) is 2.71.